The van der Waals surface area contributed by atoms with Gasteiger partial charge in [0.2, 0.25) is 5.91 Å². The Kier molecular flexibility index (Phi) is 5.05. The molecule has 15 heavy (non-hydrogen) atoms. The minimum atomic E-state index is -0.175. The highest BCUT2D eigenvalue weighted by atomic mass is 16.5. The number of amides is 1. The van der Waals surface area contributed by atoms with Gasteiger partial charge in [-0.2, -0.15) is 0 Å². The van der Waals surface area contributed by atoms with Gasteiger partial charge in [-0.05, 0) is 19.3 Å². The van der Waals surface area contributed by atoms with Crippen LogP contribution in [0, 0.1) is 5.41 Å². The molecule has 88 valence electrons. The lowest BCUT2D eigenvalue weighted by molar-refractivity contribution is -0.131. The normalized spacial score (nSPS) is 19.1. The van der Waals surface area contributed by atoms with Gasteiger partial charge in [-0.1, -0.05) is 12.8 Å². The maximum Gasteiger partial charge on any atom is 0.226 e. The minimum Gasteiger partial charge on any atom is -0.385 e. The first kappa shape index (κ1) is 12.5. The Morgan fingerprint density at radius 3 is 2.67 bits per heavy atom. The van der Waals surface area contributed by atoms with Crippen LogP contribution in [0.1, 0.15) is 32.1 Å². The third-order valence-corrected chi connectivity index (χ3v) is 3.26. The summed E-state index contributed by atoms with van der Waals surface area (Å²) in [6, 6.07) is 0. The molecule has 0 heterocycles. The number of nitrogens with two attached hydrogens (primary N) is 1. The van der Waals surface area contributed by atoms with Crippen molar-refractivity contribution in [2.45, 2.75) is 32.1 Å². The van der Waals surface area contributed by atoms with E-state index in [0.717, 1.165) is 32.1 Å². The van der Waals surface area contributed by atoms with Crippen molar-refractivity contribution in [1.29, 1.82) is 0 Å². The quantitative estimate of drug-likeness (QED) is 0.682. The maximum atomic E-state index is 12.0. The van der Waals surface area contributed by atoms with Gasteiger partial charge in [0, 0.05) is 26.8 Å². The molecule has 1 amide bonds. The average molecular weight is 214 g/mol. The van der Waals surface area contributed by atoms with E-state index >= 15 is 0 Å². The summed E-state index contributed by atoms with van der Waals surface area (Å²) in [6.07, 6.45) is 5.12. The van der Waals surface area contributed by atoms with Gasteiger partial charge in [-0.3, -0.25) is 4.79 Å². The van der Waals surface area contributed by atoms with Crippen molar-refractivity contribution < 1.29 is 9.53 Å². The van der Waals surface area contributed by atoms with Gasteiger partial charge in [-0.15, -0.1) is 0 Å². The second-order valence-electron chi connectivity index (χ2n) is 4.27. The number of rotatable bonds is 6. The van der Waals surface area contributed by atoms with Crippen LogP contribution in [0.4, 0.5) is 0 Å². The van der Waals surface area contributed by atoms with Crippen molar-refractivity contribution in [2.75, 3.05) is 26.8 Å². The van der Waals surface area contributed by atoms with Crippen LogP contribution < -0.4 is 11.1 Å². The fourth-order valence-corrected chi connectivity index (χ4v) is 2.31. The van der Waals surface area contributed by atoms with Gasteiger partial charge in [-0.25, -0.2) is 0 Å². The van der Waals surface area contributed by atoms with E-state index in [4.69, 9.17) is 10.5 Å². The molecule has 1 saturated carbocycles. The first-order valence-electron chi connectivity index (χ1n) is 5.72. The van der Waals surface area contributed by atoms with Crippen molar-refractivity contribution in [3.63, 3.8) is 0 Å². The summed E-state index contributed by atoms with van der Waals surface area (Å²) in [5.41, 5.74) is 5.20. The summed E-state index contributed by atoms with van der Waals surface area (Å²) in [5.74, 6) is 0.169. The molecule has 0 spiro atoms. The van der Waals surface area contributed by atoms with Crippen molar-refractivity contribution in [3.05, 3.63) is 0 Å². The van der Waals surface area contributed by atoms with Gasteiger partial charge in [0.1, 0.15) is 0 Å². The lowest BCUT2D eigenvalue weighted by Gasteiger charge is -2.27. The highest BCUT2D eigenvalue weighted by Crippen LogP contribution is 2.41. The van der Waals surface area contributed by atoms with Crippen LogP contribution in [0.3, 0.4) is 0 Å². The summed E-state index contributed by atoms with van der Waals surface area (Å²) in [4.78, 5) is 12.0. The number of hydrogen-bond acceptors (Lipinski definition) is 3. The van der Waals surface area contributed by atoms with Crippen LogP contribution in [0.15, 0.2) is 0 Å². The fourth-order valence-electron chi connectivity index (χ4n) is 2.31. The van der Waals surface area contributed by atoms with Crippen LogP contribution in [-0.2, 0) is 9.53 Å². The van der Waals surface area contributed by atoms with E-state index < -0.39 is 0 Å². The maximum absolute atomic E-state index is 12.0. The standard InChI is InChI=1S/C11H22N2O2/c1-15-9-6-11(4-2-3-5-11)10(14)13-8-7-12/h2-9,12H2,1H3,(H,13,14). The SMILES string of the molecule is COCCC1(C(=O)NCCN)CCCC1. The summed E-state index contributed by atoms with van der Waals surface area (Å²) in [7, 11) is 1.68. The third kappa shape index (κ3) is 3.18. The molecular formula is C11H22N2O2. The second kappa shape index (κ2) is 6.08. The lowest BCUT2D eigenvalue weighted by Crippen LogP contribution is -2.41. The summed E-state index contributed by atoms with van der Waals surface area (Å²) in [6.45, 7) is 1.75. The smallest absolute Gasteiger partial charge is 0.226 e. The fraction of sp³-hybridized carbons (Fsp3) is 0.909. The average Bonchev–Trinajstić information content (AvgIpc) is 2.73. The van der Waals surface area contributed by atoms with Crippen LogP contribution in [0.25, 0.3) is 0 Å². The monoisotopic (exact) mass is 214 g/mol. The van der Waals surface area contributed by atoms with Crippen molar-refractivity contribution in [1.82, 2.24) is 5.32 Å². The van der Waals surface area contributed by atoms with E-state index in [1.54, 1.807) is 7.11 Å². The van der Waals surface area contributed by atoms with Gasteiger partial charge in [0.25, 0.3) is 0 Å². The summed E-state index contributed by atoms with van der Waals surface area (Å²) in [5, 5.41) is 2.90. The minimum absolute atomic E-state index is 0.169. The molecule has 1 aliphatic rings. The Labute approximate surface area is 91.5 Å². The molecule has 0 aliphatic heterocycles. The topological polar surface area (TPSA) is 64.3 Å². The van der Waals surface area contributed by atoms with Crippen LogP contribution in [0.5, 0.6) is 0 Å². The Morgan fingerprint density at radius 1 is 1.47 bits per heavy atom. The number of methoxy groups -OCH3 is 1. The van der Waals surface area contributed by atoms with Crippen molar-refractivity contribution >= 4 is 5.91 Å². The molecule has 4 nitrogen and oxygen atoms in total. The van der Waals surface area contributed by atoms with E-state index in [2.05, 4.69) is 5.32 Å². The molecule has 0 radical (unpaired) electrons. The lowest BCUT2D eigenvalue weighted by atomic mass is 9.82. The highest BCUT2D eigenvalue weighted by Gasteiger charge is 2.40. The summed E-state index contributed by atoms with van der Waals surface area (Å²) >= 11 is 0. The molecule has 1 aliphatic carbocycles. The molecule has 0 atom stereocenters. The van der Waals surface area contributed by atoms with E-state index in [1.165, 1.54) is 0 Å². The van der Waals surface area contributed by atoms with Gasteiger partial charge >= 0.3 is 0 Å². The molecule has 0 bridgehead atoms. The predicted molar refractivity (Wildman–Crippen MR) is 59.5 cm³/mol. The Balaban J connectivity index is 2.51. The van der Waals surface area contributed by atoms with Gasteiger partial charge < -0.3 is 15.8 Å². The molecule has 1 fully saturated rings. The van der Waals surface area contributed by atoms with Gasteiger partial charge in [0.05, 0.1) is 5.41 Å². The molecule has 1 rings (SSSR count). The molecule has 0 aromatic rings. The predicted octanol–water partition coefficient (Wildman–Crippen LogP) is 0.658. The number of carbonyl (C=O) groups excluding carboxylic acids is 1. The first-order chi connectivity index (χ1) is 7.25. The van der Waals surface area contributed by atoms with Gasteiger partial charge in [0.15, 0.2) is 0 Å². The zero-order chi connectivity index (χ0) is 11.1. The molecule has 0 saturated heterocycles. The number of ether oxygens (including phenoxy) is 1. The van der Waals surface area contributed by atoms with E-state index in [1.807, 2.05) is 0 Å². The van der Waals surface area contributed by atoms with E-state index in [-0.39, 0.29) is 11.3 Å². The van der Waals surface area contributed by atoms with Crippen LogP contribution in [0.2, 0.25) is 0 Å². The number of hydrogen-bond donors (Lipinski definition) is 2. The molecule has 4 heteroatoms. The Morgan fingerprint density at radius 2 is 2.13 bits per heavy atom. The Hall–Kier alpha value is -0.610. The third-order valence-electron chi connectivity index (χ3n) is 3.26. The van der Waals surface area contributed by atoms with Crippen molar-refractivity contribution in [2.24, 2.45) is 11.1 Å². The zero-order valence-corrected chi connectivity index (χ0v) is 9.55. The largest absolute Gasteiger partial charge is 0.385 e. The number of carbonyl (C=O) groups is 1. The molecular weight excluding hydrogens is 192 g/mol. The second-order valence-corrected chi connectivity index (χ2v) is 4.27. The Bertz CT molecular complexity index is 201. The zero-order valence-electron chi connectivity index (χ0n) is 9.55. The molecule has 0 aromatic carbocycles. The molecule has 3 N–H and O–H groups in total. The summed E-state index contributed by atoms with van der Waals surface area (Å²) < 4.78 is 5.08. The first-order valence-corrected chi connectivity index (χ1v) is 5.72. The van der Waals surface area contributed by atoms with E-state index in [9.17, 15) is 4.79 Å². The molecule has 0 aromatic heterocycles. The highest BCUT2D eigenvalue weighted by molar-refractivity contribution is 5.82. The van der Waals surface area contributed by atoms with Crippen LogP contribution >= 0.6 is 0 Å². The van der Waals surface area contributed by atoms with Crippen LogP contribution in [-0.4, -0.2) is 32.7 Å². The van der Waals surface area contributed by atoms with Crippen molar-refractivity contribution in [3.8, 4) is 0 Å². The number of nitrogens with one attached hydrogen (secondary N) is 1. The van der Waals surface area contributed by atoms with E-state index in [0.29, 0.717) is 19.7 Å². The molecule has 0 unspecified atom stereocenters.